The fourth-order valence-electron chi connectivity index (χ4n) is 7.07. The number of hydrogen-bond acceptors (Lipinski definition) is 7. The molecule has 9 nitrogen and oxygen atoms in total. The molecule has 1 N–H and O–H groups in total. The molecular formula is C34H25N3O6. The predicted octanol–water partition coefficient (Wildman–Crippen LogP) is 5.59. The molecule has 1 spiro atoms. The van der Waals surface area contributed by atoms with E-state index in [2.05, 4.69) is 5.32 Å². The number of ketones is 2. The maximum absolute atomic E-state index is 14.8. The van der Waals surface area contributed by atoms with Crippen LogP contribution in [0.15, 0.2) is 103 Å². The number of ether oxygens (including phenoxy) is 1. The van der Waals surface area contributed by atoms with Crippen LogP contribution in [0.5, 0.6) is 5.75 Å². The Bertz CT molecular complexity index is 1880. The number of para-hydroxylation sites is 1. The number of nitro benzene ring substituents is 1. The number of methoxy groups -OCH3 is 1. The summed E-state index contributed by atoms with van der Waals surface area (Å²) in [6.07, 6.45) is 3.66. The number of nitro groups is 1. The van der Waals surface area contributed by atoms with Crippen LogP contribution < -0.4 is 10.1 Å². The maximum Gasteiger partial charge on any atom is 0.270 e. The minimum absolute atomic E-state index is 0.0521. The van der Waals surface area contributed by atoms with E-state index in [1.54, 1.807) is 42.6 Å². The van der Waals surface area contributed by atoms with Crippen molar-refractivity contribution in [2.45, 2.75) is 17.5 Å². The lowest BCUT2D eigenvalue weighted by atomic mass is 9.62. The lowest BCUT2D eigenvalue weighted by Crippen LogP contribution is -2.49. The molecule has 0 aliphatic carbocycles. The second kappa shape index (κ2) is 9.77. The lowest BCUT2D eigenvalue weighted by molar-refractivity contribution is -0.384. The zero-order valence-corrected chi connectivity index (χ0v) is 23.0. The fourth-order valence-corrected chi connectivity index (χ4v) is 7.07. The fraction of sp³-hybridized carbons (Fsp3) is 0.147. The Balaban J connectivity index is 1.53. The number of hydrogen-bond donors (Lipinski definition) is 1. The lowest BCUT2D eigenvalue weighted by Gasteiger charge is -2.38. The molecule has 212 valence electrons. The second-order valence-electron chi connectivity index (χ2n) is 10.9. The summed E-state index contributed by atoms with van der Waals surface area (Å²) >= 11 is 0. The SMILES string of the molecule is COc1cccc(C(=O)[C@@H]2[C@H](C(=O)c3cccc([N+](=O)[O-])c3)[C@@]3(C(=O)Nc4ccccc43)[C@H]3c4ccccc4C=CN23)c1. The van der Waals surface area contributed by atoms with Crippen molar-refractivity contribution in [1.82, 2.24) is 4.90 Å². The van der Waals surface area contributed by atoms with Crippen molar-refractivity contribution in [3.63, 3.8) is 0 Å². The topological polar surface area (TPSA) is 119 Å². The van der Waals surface area contributed by atoms with E-state index in [-0.39, 0.29) is 17.0 Å². The van der Waals surface area contributed by atoms with Gasteiger partial charge in [0.15, 0.2) is 11.6 Å². The third-order valence-electron chi connectivity index (χ3n) is 8.82. The van der Waals surface area contributed by atoms with Crippen LogP contribution in [-0.4, -0.2) is 40.4 Å². The van der Waals surface area contributed by atoms with E-state index in [1.165, 1.54) is 31.4 Å². The van der Waals surface area contributed by atoms with Crippen LogP contribution in [0.1, 0.15) is 43.4 Å². The molecule has 1 amide bonds. The molecule has 3 aliphatic rings. The number of carbonyl (C=O) groups excluding carboxylic acids is 3. The summed E-state index contributed by atoms with van der Waals surface area (Å²) < 4.78 is 5.38. The minimum Gasteiger partial charge on any atom is -0.497 e. The Kier molecular flexibility index (Phi) is 5.98. The largest absolute Gasteiger partial charge is 0.497 e. The highest BCUT2D eigenvalue weighted by Gasteiger charge is 2.70. The number of Topliss-reactive ketones (excluding diaryl/α,β-unsaturated/α-hetero) is 2. The minimum atomic E-state index is -1.53. The van der Waals surface area contributed by atoms with Crippen molar-refractivity contribution in [1.29, 1.82) is 0 Å². The normalized spacial score (nSPS) is 22.9. The number of carbonyl (C=O) groups is 3. The molecule has 0 unspecified atom stereocenters. The van der Waals surface area contributed by atoms with E-state index in [9.17, 15) is 24.5 Å². The van der Waals surface area contributed by atoms with E-state index in [0.717, 1.165) is 11.1 Å². The van der Waals surface area contributed by atoms with Gasteiger partial charge in [0, 0.05) is 35.1 Å². The van der Waals surface area contributed by atoms with Gasteiger partial charge in [-0.2, -0.15) is 0 Å². The van der Waals surface area contributed by atoms with Gasteiger partial charge in [0.2, 0.25) is 5.91 Å². The molecule has 1 fully saturated rings. The third kappa shape index (κ3) is 3.74. The van der Waals surface area contributed by atoms with Crippen LogP contribution in [-0.2, 0) is 10.2 Å². The molecule has 7 rings (SSSR count). The van der Waals surface area contributed by atoms with Gasteiger partial charge in [-0.3, -0.25) is 24.5 Å². The number of non-ortho nitro benzene ring substituents is 1. The van der Waals surface area contributed by atoms with Gasteiger partial charge in [-0.15, -0.1) is 0 Å². The first-order chi connectivity index (χ1) is 20.9. The molecule has 0 bridgehead atoms. The molecule has 4 atom stereocenters. The van der Waals surface area contributed by atoms with Crippen molar-refractivity contribution in [3.8, 4) is 5.75 Å². The third-order valence-corrected chi connectivity index (χ3v) is 8.82. The monoisotopic (exact) mass is 571 g/mol. The number of nitrogens with zero attached hydrogens (tertiary/aromatic N) is 2. The molecule has 0 saturated carbocycles. The van der Waals surface area contributed by atoms with Crippen LogP contribution in [0.3, 0.4) is 0 Å². The zero-order valence-electron chi connectivity index (χ0n) is 23.0. The van der Waals surface area contributed by atoms with E-state index in [1.807, 2.05) is 47.4 Å². The number of benzene rings is 4. The number of fused-ring (bicyclic) bond motifs is 6. The Hall–Kier alpha value is -5.57. The Morgan fingerprint density at radius 3 is 2.42 bits per heavy atom. The van der Waals surface area contributed by atoms with Crippen LogP contribution in [0, 0.1) is 16.0 Å². The molecule has 3 aliphatic heterocycles. The Morgan fingerprint density at radius 1 is 0.907 bits per heavy atom. The highest BCUT2D eigenvalue weighted by atomic mass is 16.6. The highest BCUT2D eigenvalue weighted by molar-refractivity contribution is 6.16. The van der Waals surface area contributed by atoms with Crippen LogP contribution >= 0.6 is 0 Å². The standard InChI is InChI=1S/C34H25N3O6/c1-43-24-12-7-10-22(19-24)31(39)29-28(30(38)21-9-6-11-23(18-21)37(41)42)34(26-14-4-5-15-27(26)35-33(34)40)32-25-13-3-2-8-20(25)16-17-36(29)32/h2-19,28-29,32H,1H3,(H,35,40)/t28-,29+,32-,34-/m1/s1. The van der Waals surface area contributed by atoms with Gasteiger partial charge in [0.05, 0.1) is 24.0 Å². The van der Waals surface area contributed by atoms with Gasteiger partial charge < -0.3 is 15.0 Å². The second-order valence-corrected chi connectivity index (χ2v) is 10.9. The average Bonchev–Trinajstić information content (AvgIpc) is 3.52. The van der Waals surface area contributed by atoms with Gasteiger partial charge in [-0.1, -0.05) is 66.7 Å². The molecule has 4 aromatic rings. The molecule has 43 heavy (non-hydrogen) atoms. The summed E-state index contributed by atoms with van der Waals surface area (Å²) in [5.41, 5.74) is 1.42. The first-order valence-electron chi connectivity index (χ1n) is 13.8. The molecule has 4 aromatic carbocycles. The molecule has 0 radical (unpaired) electrons. The summed E-state index contributed by atoms with van der Waals surface area (Å²) in [6.45, 7) is 0. The molecule has 0 aromatic heterocycles. The van der Waals surface area contributed by atoms with Crippen molar-refractivity contribution in [3.05, 3.63) is 141 Å². The van der Waals surface area contributed by atoms with Gasteiger partial charge in [-0.25, -0.2) is 0 Å². The summed E-state index contributed by atoms with van der Waals surface area (Å²) in [7, 11) is 1.50. The van der Waals surface area contributed by atoms with Gasteiger partial charge in [0.1, 0.15) is 17.2 Å². The first kappa shape index (κ1) is 26.3. The van der Waals surface area contributed by atoms with Gasteiger partial charge >= 0.3 is 0 Å². The average molecular weight is 572 g/mol. The number of nitrogens with one attached hydrogen (secondary N) is 1. The van der Waals surface area contributed by atoms with Crippen LogP contribution in [0.25, 0.3) is 6.08 Å². The smallest absolute Gasteiger partial charge is 0.270 e. The van der Waals surface area contributed by atoms with Gasteiger partial charge in [-0.05, 0) is 41.0 Å². The first-order valence-corrected chi connectivity index (χ1v) is 13.8. The van der Waals surface area contributed by atoms with Gasteiger partial charge in [0.25, 0.3) is 5.69 Å². The number of anilines is 1. The molecular weight excluding hydrogens is 546 g/mol. The van der Waals surface area contributed by atoms with Crippen molar-refractivity contribution >= 4 is 34.9 Å². The summed E-state index contributed by atoms with van der Waals surface area (Å²) in [6, 6.07) is 25.1. The van der Waals surface area contributed by atoms with Crippen molar-refractivity contribution in [2.24, 2.45) is 5.92 Å². The van der Waals surface area contributed by atoms with Crippen LogP contribution in [0.2, 0.25) is 0 Å². The highest BCUT2D eigenvalue weighted by Crippen LogP contribution is 2.62. The van der Waals surface area contributed by atoms with E-state index in [4.69, 9.17) is 4.74 Å². The molecule has 1 saturated heterocycles. The van der Waals surface area contributed by atoms with Crippen molar-refractivity contribution < 1.29 is 24.0 Å². The van der Waals surface area contributed by atoms with Crippen molar-refractivity contribution in [2.75, 3.05) is 12.4 Å². The number of amides is 1. The summed E-state index contributed by atoms with van der Waals surface area (Å²) in [5.74, 6) is -2.07. The number of rotatable bonds is 6. The maximum atomic E-state index is 14.8. The Labute approximate surface area is 246 Å². The van der Waals surface area contributed by atoms with E-state index < -0.39 is 40.0 Å². The van der Waals surface area contributed by atoms with E-state index >= 15 is 0 Å². The summed E-state index contributed by atoms with van der Waals surface area (Å²) in [4.78, 5) is 56.9. The summed E-state index contributed by atoms with van der Waals surface area (Å²) in [5, 5.41) is 14.7. The predicted molar refractivity (Wildman–Crippen MR) is 159 cm³/mol. The zero-order chi connectivity index (χ0) is 29.9. The molecule has 3 heterocycles. The van der Waals surface area contributed by atoms with Crippen LogP contribution in [0.4, 0.5) is 11.4 Å². The van der Waals surface area contributed by atoms with E-state index in [0.29, 0.717) is 22.6 Å². The Morgan fingerprint density at radius 2 is 1.63 bits per heavy atom. The quantitative estimate of drug-likeness (QED) is 0.182. The molecule has 9 heteroatoms.